The zero-order chi connectivity index (χ0) is 13.1. The highest BCUT2D eigenvalue weighted by atomic mass is 79.9. The van der Waals surface area contributed by atoms with Crippen LogP contribution in [0.2, 0.25) is 0 Å². The number of hydrogen-bond donors (Lipinski definition) is 1. The highest BCUT2D eigenvalue weighted by Crippen LogP contribution is 2.19. The Kier molecular flexibility index (Phi) is 4.29. The monoisotopic (exact) mass is 319 g/mol. The molecule has 98 valence electrons. The van der Waals surface area contributed by atoms with Crippen molar-refractivity contribution in [2.24, 2.45) is 0 Å². The summed E-state index contributed by atoms with van der Waals surface area (Å²) in [5, 5.41) is 2.68. The van der Waals surface area contributed by atoms with Gasteiger partial charge in [-0.15, -0.1) is 0 Å². The Morgan fingerprint density at radius 3 is 2.67 bits per heavy atom. The minimum atomic E-state index is -1.12. The summed E-state index contributed by atoms with van der Waals surface area (Å²) in [7, 11) is 0. The number of nitrogens with one attached hydrogen (secondary N) is 1. The molecule has 1 aromatic carbocycles. The summed E-state index contributed by atoms with van der Waals surface area (Å²) in [6, 6.07) is 2.21. The SMILES string of the molecule is O=C(NC1CCOCC1)c1cc(Br)cc(F)c1F. The van der Waals surface area contributed by atoms with Crippen molar-refractivity contribution in [3.8, 4) is 0 Å². The minimum Gasteiger partial charge on any atom is -0.381 e. The quantitative estimate of drug-likeness (QED) is 0.851. The molecule has 0 radical (unpaired) electrons. The van der Waals surface area contributed by atoms with Crippen LogP contribution in [0.25, 0.3) is 0 Å². The van der Waals surface area contributed by atoms with Crippen LogP contribution in [-0.2, 0) is 4.74 Å². The van der Waals surface area contributed by atoms with E-state index in [1.165, 1.54) is 6.07 Å². The van der Waals surface area contributed by atoms with Gasteiger partial charge in [-0.05, 0) is 25.0 Å². The van der Waals surface area contributed by atoms with Crippen LogP contribution in [0, 0.1) is 11.6 Å². The first kappa shape index (κ1) is 13.4. The van der Waals surface area contributed by atoms with Crippen molar-refractivity contribution in [3.63, 3.8) is 0 Å². The van der Waals surface area contributed by atoms with E-state index in [1.807, 2.05) is 0 Å². The molecule has 1 amide bonds. The smallest absolute Gasteiger partial charge is 0.254 e. The molecule has 0 unspecified atom stereocenters. The number of ether oxygens (including phenoxy) is 1. The summed E-state index contributed by atoms with van der Waals surface area (Å²) in [5.74, 6) is -2.76. The third-order valence-electron chi connectivity index (χ3n) is 2.79. The maximum atomic E-state index is 13.5. The van der Waals surface area contributed by atoms with Gasteiger partial charge >= 0.3 is 0 Å². The van der Waals surface area contributed by atoms with Crippen molar-refractivity contribution in [2.45, 2.75) is 18.9 Å². The first-order valence-corrected chi connectivity index (χ1v) is 6.40. The van der Waals surface area contributed by atoms with E-state index in [-0.39, 0.29) is 11.6 Å². The summed E-state index contributed by atoms with van der Waals surface area (Å²) in [4.78, 5) is 11.9. The molecule has 0 aromatic heterocycles. The third kappa shape index (κ3) is 3.05. The maximum Gasteiger partial charge on any atom is 0.254 e. The largest absolute Gasteiger partial charge is 0.381 e. The van der Waals surface area contributed by atoms with Crippen LogP contribution in [0.1, 0.15) is 23.2 Å². The van der Waals surface area contributed by atoms with Gasteiger partial charge in [0, 0.05) is 23.7 Å². The van der Waals surface area contributed by atoms with Crippen LogP contribution >= 0.6 is 15.9 Å². The minimum absolute atomic E-state index is 0.0484. The van der Waals surface area contributed by atoms with Gasteiger partial charge in [-0.1, -0.05) is 15.9 Å². The Balaban J connectivity index is 2.13. The molecule has 0 atom stereocenters. The van der Waals surface area contributed by atoms with E-state index < -0.39 is 17.5 Å². The number of rotatable bonds is 2. The molecule has 0 saturated carbocycles. The second kappa shape index (κ2) is 5.75. The van der Waals surface area contributed by atoms with Crippen molar-refractivity contribution in [1.82, 2.24) is 5.32 Å². The molecule has 1 aliphatic rings. The Bertz CT molecular complexity index is 462. The van der Waals surface area contributed by atoms with Gasteiger partial charge in [0.1, 0.15) is 0 Å². The Hall–Kier alpha value is -1.01. The zero-order valence-corrected chi connectivity index (χ0v) is 11.1. The molecule has 1 N–H and O–H groups in total. The lowest BCUT2D eigenvalue weighted by atomic mass is 10.1. The van der Waals surface area contributed by atoms with E-state index in [0.717, 1.165) is 6.07 Å². The van der Waals surface area contributed by atoms with E-state index in [1.54, 1.807) is 0 Å². The zero-order valence-electron chi connectivity index (χ0n) is 9.51. The lowest BCUT2D eigenvalue weighted by Gasteiger charge is -2.23. The first-order chi connectivity index (χ1) is 8.58. The van der Waals surface area contributed by atoms with Crippen LogP contribution in [0.3, 0.4) is 0 Å². The van der Waals surface area contributed by atoms with Crippen molar-refractivity contribution in [1.29, 1.82) is 0 Å². The molecule has 0 spiro atoms. The fraction of sp³-hybridized carbons (Fsp3) is 0.417. The van der Waals surface area contributed by atoms with Gasteiger partial charge < -0.3 is 10.1 Å². The first-order valence-electron chi connectivity index (χ1n) is 5.61. The molecule has 2 rings (SSSR count). The van der Waals surface area contributed by atoms with Crippen LogP contribution in [-0.4, -0.2) is 25.2 Å². The fourth-order valence-electron chi connectivity index (χ4n) is 1.83. The number of benzene rings is 1. The number of carbonyl (C=O) groups is 1. The number of halogens is 3. The molecule has 1 heterocycles. The van der Waals surface area contributed by atoms with Crippen molar-refractivity contribution >= 4 is 21.8 Å². The number of amides is 1. The van der Waals surface area contributed by atoms with Gasteiger partial charge in [-0.3, -0.25) is 4.79 Å². The van der Waals surface area contributed by atoms with E-state index in [4.69, 9.17) is 4.74 Å². The molecule has 3 nitrogen and oxygen atoms in total. The lowest BCUT2D eigenvalue weighted by Crippen LogP contribution is -2.39. The summed E-state index contributed by atoms with van der Waals surface area (Å²) in [6.07, 6.45) is 1.37. The van der Waals surface area contributed by atoms with Crippen LogP contribution < -0.4 is 5.32 Å². The van der Waals surface area contributed by atoms with Crippen LogP contribution in [0.4, 0.5) is 8.78 Å². The molecule has 0 aliphatic carbocycles. The summed E-state index contributed by atoms with van der Waals surface area (Å²) in [6.45, 7) is 1.14. The summed E-state index contributed by atoms with van der Waals surface area (Å²) in [5.41, 5.74) is -0.284. The highest BCUT2D eigenvalue weighted by molar-refractivity contribution is 9.10. The van der Waals surface area contributed by atoms with E-state index in [0.29, 0.717) is 30.5 Å². The lowest BCUT2D eigenvalue weighted by molar-refractivity contribution is 0.0694. The van der Waals surface area contributed by atoms with Gasteiger partial charge in [0.05, 0.1) is 5.56 Å². The molecule has 18 heavy (non-hydrogen) atoms. The van der Waals surface area contributed by atoms with E-state index >= 15 is 0 Å². The fourth-order valence-corrected chi connectivity index (χ4v) is 2.26. The molecule has 1 fully saturated rings. The van der Waals surface area contributed by atoms with Gasteiger partial charge in [0.2, 0.25) is 0 Å². The molecule has 1 aliphatic heterocycles. The van der Waals surface area contributed by atoms with Crippen molar-refractivity contribution < 1.29 is 18.3 Å². The van der Waals surface area contributed by atoms with Crippen molar-refractivity contribution in [3.05, 3.63) is 33.8 Å². The second-order valence-electron chi connectivity index (χ2n) is 4.11. The molecular weight excluding hydrogens is 308 g/mol. The topological polar surface area (TPSA) is 38.3 Å². The standard InChI is InChI=1S/C12H12BrF2NO2/c13-7-5-9(11(15)10(14)6-7)12(17)16-8-1-3-18-4-2-8/h5-6,8H,1-4H2,(H,16,17). The average Bonchev–Trinajstić information content (AvgIpc) is 2.35. The Morgan fingerprint density at radius 1 is 1.33 bits per heavy atom. The Morgan fingerprint density at radius 2 is 2.00 bits per heavy atom. The summed E-state index contributed by atoms with van der Waals surface area (Å²) < 4.78 is 32.2. The normalized spacial score (nSPS) is 16.6. The van der Waals surface area contributed by atoms with Gasteiger partial charge in [-0.25, -0.2) is 8.78 Å². The maximum absolute atomic E-state index is 13.5. The van der Waals surface area contributed by atoms with Crippen LogP contribution in [0.15, 0.2) is 16.6 Å². The molecule has 0 bridgehead atoms. The predicted molar refractivity (Wildman–Crippen MR) is 65.4 cm³/mol. The predicted octanol–water partition coefficient (Wildman–Crippen LogP) is 2.64. The van der Waals surface area contributed by atoms with Gasteiger partial charge in [-0.2, -0.15) is 0 Å². The van der Waals surface area contributed by atoms with E-state index in [9.17, 15) is 13.6 Å². The van der Waals surface area contributed by atoms with Gasteiger partial charge in [0.15, 0.2) is 11.6 Å². The van der Waals surface area contributed by atoms with Crippen molar-refractivity contribution in [2.75, 3.05) is 13.2 Å². The second-order valence-corrected chi connectivity index (χ2v) is 5.02. The van der Waals surface area contributed by atoms with E-state index in [2.05, 4.69) is 21.2 Å². The number of hydrogen-bond acceptors (Lipinski definition) is 2. The highest BCUT2D eigenvalue weighted by Gasteiger charge is 2.21. The molecule has 1 aromatic rings. The van der Waals surface area contributed by atoms with Crippen LogP contribution in [0.5, 0.6) is 0 Å². The number of carbonyl (C=O) groups excluding carboxylic acids is 1. The summed E-state index contributed by atoms with van der Waals surface area (Å²) >= 11 is 3.03. The Labute approximate surface area is 112 Å². The van der Waals surface area contributed by atoms with Gasteiger partial charge in [0.25, 0.3) is 5.91 Å². The molecule has 6 heteroatoms. The average molecular weight is 320 g/mol. The molecule has 1 saturated heterocycles. The third-order valence-corrected chi connectivity index (χ3v) is 3.25. The molecular formula is C12H12BrF2NO2.